The van der Waals surface area contributed by atoms with E-state index in [-0.39, 0.29) is 6.42 Å². The van der Waals surface area contributed by atoms with Crippen LogP contribution < -0.4 is 0 Å². The van der Waals surface area contributed by atoms with Crippen molar-refractivity contribution in [2.24, 2.45) is 0 Å². The summed E-state index contributed by atoms with van der Waals surface area (Å²) in [7, 11) is 2.08. The van der Waals surface area contributed by atoms with Gasteiger partial charge >= 0.3 is 6.18 Å². The van der Waals surface area contributed by atoms with Gasteiger partial charge in [0, 0.05) is 12.8 Å². The van der Waals surface area contributed by atoms with E-state index >= 15 is 0 Å². The molecule has 0 aliphatic carbocycles. The molecule has 0 atom stereocenters. The van der Waals surface area contributed by atoms with Gasteiger partial charge < -0.3 is 4.48 Å². The van der Waals surface area contributed by atoms with E-state index in [0.29, 0.717) is 6.54 Å². The Labute approximate surface area is 83.5 Å². The molecule has 0 bridgehead atoms. The first-order chi connectivity index (χ1) is 6.41. The van der Waals surface area contributed by atoms with Crippen molar-refractivity contribution in [1.29, 1.82) is 0 Å². The molecule has 0 radical (unpaired) electrons. The zero-order valence-corrected chi connectivity index (χ0v) is 8.74. The number of rotatable bonds is 3. The molecule has 1 aliphatic heterocycles. The summed E-state index contributed by atoms with van der Waals surface area (Å²) < 4.78 is 36.6. The summed E-state index contributed by atoms with van der Waals surface area (Å²) in [4.78, 5) is 0. The zero-order valence-electron chi connectivity index (χ0n) is 8.74. The fourth-order valence-electron chi connectivity index (χ4n) is 2.16. The van der Waals surface area contributed by atoms with Crippen LogP contribution in [0.4, 0.5) is 13.2 Å². The van der Waals surface area contributed by atoms with Crippen molar-refractivity contribution in [3.05, 3.63) is 0 Å². The van der Waals surface area contributed by atoms with Crippen LogP contribution in [0.5, 0.6) is 0 Å². The number of alkyl halides is 3. The second kappa shape index (κ2) is 4.51. The Hall–Kier alpha value is -0.250. The Bertz CT molecular complexity index is 171. The molecule has 0 aromatic rings. The van der Waals surface area contributed by atoms with E-state index in [1.54, 1.807) is 0 Å². The Morgan fingerprint density at radius 1 is 1.07 bits per heavy atom. The van der Waals surface area contributed by atoms with E-state index in [0.717, 1.165) is 17.6 Å². The van der Waals surface area contributed by atoms with Crippen molar-refractivity contribution < 1.29 is 17.7 Å². The first-order valence-electron chi connectivity index (χ1n) is 5.32. The summed E-state index contributed by atoms with van der Waals surface area (Å²) in [6.07, 6.45) is -0.742. The molecule has 0 amide bonds. The summed E-state index contributed by atoms with van der Waals surface area (Å²) in [5, 5.41) is 0. The lowest BCUT2D eigenvalue weighted by Gasteiger charge is -2.37. The Morgan fingerprint density at radius 2 is 1.64 bits per heavy atom. The SMILES string of the molecule is C[N+]1(CCCC(F)(F)F)CCCCC1. The van der Waals surface area contributed by atoms with Crippen molar-refractivity contribution in [2.75, 3.05) is 26.7 Å². The highest BCUT2D eigenvalue weighted by Gasteiger charge is 2.30. The molecule has 0 aromatic heterocycles. The van der Waals surface area contributed by atoms with E-state index in [2.05, 4.69) is 7.05 Å². The molecule has 0 saturated carbocycles. The Morgan fingerprint density at radius 3 is 2.14 bits per heavy atom. The van der Waals surface area contributed by atoms with Gasteiger partial charge in [0.15, 0.2) is 0 Å². The third-order valence-corrected chi connectivity index (χ3v) is 3.05. The first kappa shape index (κ1) is 11.8. The first-order valence-corrected chi connectivity index (χ1v) is 5.32. The van der Waals surface area contributed by atoms with Gasteiger partial charge in [0.1, 0.15) is 0 Å². The monoisotopic (exact) mass is 210 g/mol. The number of piperidine rings is 1. The Kier molecular flexibility index (Phi) is 3.81. The van der Waals surface area contributed by atoms with Crippen molar-refractivity contribution in [2.45, 2.75) is 38.3 Å². The highest BCUT2D eigenvalue weighted by molar-refractivity contribution is 4.54. The highest BCUT2D eigenvalue weighted by atomic mass is 19.4. The van der Waals surface area contributed by atoms with E-state index in [9.17, 15) is 13.2 Å². The third kappa shape index (κ3) is 4.31. The topological polar surface area (TPSA) is 0 Å². The van der Waals surface area contributed by atoms with Crippen LogP contribution in [-0.2, 0) is 0 Å². The van der Waals surface area contributed by atoms with Gasteiger partial charge in [0.05, 0.1) is 26.7 Å². The summed E-state index contributed by atoms with van der Waals surface area (Å²) in [5.74, 6) is 0. The van der Waals surface area contributed by atoms with Crippen LogP contribution in [0.2, 0.25) is 0 Å². The normalized spacial score (nSPS) is 22.3. The van der Waals surface area contributed by atoms with Crippen molar-refractivity contribution >= 4 is 0 Å². The van der Waals surface area contributed by atoms with Crippen LogP contribution >= 0.6 is 0 Å². The molecule has 1 nitrogen and oxygen atoms in total. The van der Waals surface area contributed by atoms with E-state index in [1.165, 1.54) is 19.3 Å². The smallest absolute Gasteiger partial charge is 0.326 e. The molecule has 1 rings (SSSR count). The van der Waals surface area contributed by atoms with Gasteiger partial charge in [-0.1, -0.05) is 0 Å². The minimum absolute atomic E-state index is 0.278. The van der Waals surface area contributed by atoms with E-state index < -0.39 is 12.6 Å². The molecule has 1 fully saturated rings. The van der Waals surface area contributed by atoms with Crippen LogP contribution in [0.25, 0.3) is 0 Å². The standard InChI is InChI=1S/C10H19F3N/c1-14(7-3-2-4-8-14)9-5-6-10(11,12)13/h2-9H2,1H3/q+1. The van der Waals surface area contributed by atoms with Crippen LogP contribution in [0, 0.1) is 0 Å². The lowest BCUT2D eigenvalue weighted by molar-refractivity contribution is -0.914. The minimum Gasteiger partial charge on any atom is -0.326 e. The molecule has 1 aliphatic rings. The van der Waals surface area contributed by atoms with Crippen molar-refractivity contribution in [3.63, 3.8) is 0 Å². The van der Waals surface area contributed by atoms with Crippen LogP contribution in [0.3, 0.4) is 0 Å². The Balaban J connectivity index is 2.22. The summed E-state index contributed by atoms with van der Waals surface area (Å²) in [6, 6.07) is 0. The second-order valence-electron chi connectivity index (χ2n) is 4.57. The van der Waals surface area contributed by atoms with Gasteiger partial charge in [-0.15, -0.1) is 0 Å². The number of halogens is 3. The van der Waals surface area contributed by atoms with Crippen LogP contribution in [0.15, 0.2) is 0 Å². The minimum atomic E-state index is -3.98. The lowest BCUT2D eigenvalue weighted by atomic mass is 10.1. The van der Waals surface area contributed by atoms with Crippen molar-refractivity contribution in [1.82, 2.24) is 0 Å². The molecule has 84 valence electrons. The summed E-state index contributed by atoms with van der Waals surface area (Å²) in [5.41, 5.74) is 0. The maximum Gasteiger partial charge on any atom is 0.389 e. The second-order valence-corrected chi connectivity index (χ2v) is 4.57. The molecular weight excluding hydrogens is 191 g/mol. The molecular formula is C10H19F3N+. The number of quaternary nitrogens is 1. The molecule has 0 aromatic carbocycles. The molecule has 0 unspecified atom stereocenters. The third-order valence-electron chi connectivity index (χ3n) is 3.05. The molecule has 0 N–H and O–H groups in total. The average molecular weight is 210 g/mol. The largest absolute Gasteiger partial charge is 0.389 e. The van der Waals surface area contributed by atoms with Gasteiger partial charge in [-0.25, -0.2) is 0 Å². The van der Waals surface area contributed by atoms with Gasteiger partial charge in [-0.3, -0.25) is 0 Å². The molecule has 4 heteroatoms. The summed E-state index contributed by atoms with van der Waals surface area (Å²) >= 11 is 0. The van der Waals surface area contributed by atoms with Gasteiger partial charge in [-0.2, -0.15) is 13.2 Å². The zero-order chi connectivity index (χ0) is 10.7. The fraction of sp³-hybridized carbons (Fsp3) is 1.00. The molecule has 1 heterocycles. The lowest BCUT2D eigenvalue weighted by Crippen LogP contribution is -2.48. The maximum absolute atomic E-state index is 11.9. The molecule has 0 spiro atoms. The average Bonchev–Trinajstić information content (AvgIpc) is 2.02. The van der Waals surface area contributed by atoms with Crippen LogP contribution in [0.1, 0.15) is 32.1 Å². The van der Waals surface area contributed by atoms with Crippen LogP contribution in [-0.4, -0.2) is 37.3 Å². The molecule has 1 saturated heterocycles. The van der Waals surface area contributed by atoms with E-state index in [4.69, 9.17) is 0 Å². The van der Waals surface area contributed by atoms with Gasteiger partial charge in [0.2, 0.25) is 0 Å². The van der Waals surface area contributed by atoms with E-state index in [1.807, 2.05) is 0 Å². The summed E-state index contributed by atoms with van der Waals surface area (Å²) in [6.45, 7) is 2.79. The maximum atomic E-state index is 11.9. The van der Waals surface area contributed by atoms with Crippen molar-refractivity contribution in [3.8, 4) is 0 Å². The fourth-order valence-corrected chi connectivity index (χ4v) is 2.16. The highest BCUT2D eigenvalue weighted by Crippen LogP contribution is 2.23. The predicted molar refractivity (Wildman–Crippen MR) is 49.9 cm³/mol. The number of hydrogen-bond acceptors (Lipinski definition) is 0. The molecule has 14 heavy (non-hydrogen) atoms. The number of nitrogens with zero attached hydrogens (tertiary/aromatic N) is 1. The van der Waals surface area contributed by atoms with Gasteiger partial charge in [-0.05, 0) is 19.3 Å². The predicted octanol–water partition coefficient (Wildman–Crippen LogP) is 2.96. The number of hydrogen-bond donors (Lipinski definition) is 0. The number of likely N-dealkylation sites (tertiary alicyclic amines) is 1. The van der Waals surface area contributed by atoms with Gasteiger partial charge in [0.25, 0.3) is 0 Å². The quantitative estimate of drug-likeness (QED) is 0.628.